The molecule has 1 aromatic carbocycles. The van der Waals surface area contributed by atoms with Crippen molar-refractivity contribution >= 4 is 0 Å². The lowest BCUT2D eigenvalue weighted by Crippen LogP contribution is -2.50. The Labute approximate surface area is 118 Å². The summed E-state index contributed by atoms with van der Waals surface area (Å²) < 4.78 is 33.2. The van der Waals surface area contributed by atoms with Crippen molar-refractivity contribution in [3.05, 3.63) is 35.4 Å². The zero-order chi connectivity index (χ0) is 14.8. The number of nitrogens with one attached hydrogen (secondary N) is 1. The summed E-state index contributed by atoms with van der Waals surface area (Å²) in [7, 11) is 1.61. The number of ether oxygens (including phenoxy) is 1. The number of benzene rings is 1. The van der Waals surface area contributed by atoms with Crippen molar-refractivity contribution in [1.82, 2.24) is 5.43 Å². The smallest absolute Gasteiger partial charge is 0.128 e. The molecule has 3 atom stereocenters. The molecule has 1 aliphatic carbocycles. The SMILES string of the molecule is COC1(C(NN)c2cc(F)ccc2F)CCCC(C)C1. The summed E-state index contributed by atoms with van der Waals surface area (Å²) in [4.78, 5) is 0. The summed E-state index contributed by atoms with van der Waals surface area (Å²) in [6.07, 6.45) is 3.66. The second-order valence-corrected chi connectivity index (χ2v) is 5.74. The van der Waals surface area contributed by atoms with Gasteiger partial charge in [0.05, 0.1) is 11.6 Å². The highest BCUT2D eigenvalue weighted by molar-refractivity contribution is 5.25. The molecule has 3 unspecified atom stereocenters. The molecular weight excluding hydrogens is 262 g/mol. The monoisotopic (exact) mass is 284 g/mol. The third-order valence-electron chi connectivity index (χ3n) is 4.36. The van der Waals surface area contributed by atoms with E-state index < -0.39 is 23.3 Å². The molecule has 112 valence electrons. The number of hydrazine groups is 1. The Balaban J connectivity index is 2.41. The van der Waals surface area contributed by atoms with Crippen LogP contribution in [0.2, 0.25) is 0 Å². The molecule has 5 heteroatoms. The van der Waals surface area contributed by atoms with Crippen LogP contribution in [0.25, 0.3) is 0 Å². The van der Waals surface area contributed by atoms with Crippen molar-refractivity contribution in [2.75, 3.05) is 7.11 Å². The van der Waals surface area contributed by atoms with Gasteiger partial charge < -0.3 is 4.74 Å². The Morgan fingerprint density at radius 2 is 2.20 bits per heavy atom. The first kappa shape index (κ1) is 15.4. The van der Waals surface area contributed by atoms with Crippen LogP contribution >= 0.6 is 0 Å². The highest BCUT2D eigenvalue weighted by Gasteiger charge is 2.43. The van der Waals surface area contributed by atoms with E-state index in [1.807, 2.05) is 0 Å². The number of halogens is 2. The molecule has 0 spiro atoms. The zero-order valence-corrected chi connectivity index (χ0v) is 12.0. The van der Waals surface area contributed by atoms with E-state index in [0.29, 0.717) is 5.92 Å². The molecule has 3 N–H and O–H groups in total. The van der Waals surface area contributed by atoms with Crippen LogP contribution in [-0.4, -0.2) is 12.7 Å². The van der Waals surface area contributed by atoms with Crippen molar-refractivity contribution < 1.29 is 13.5 Å². The lowest BCUT2D eigenvalue weighted by atomic mass is 9.73. The van der Waals surface area contributed by atoms with Crippen molar-refractivity contribution in [2.45, 2.75) is 44.2 Å². The average Bonchev–Trinajstić information content (AvgIpc) is 2.43. The molecule has 0 radical (unpaired) electrons. The van der Waals surface area contributed by atoms with Gasteiger partial charge in [0.25, 0.3) is 0 Å². The number of hydrogen-bond acceptors (Lipinski definition) is 3. The third kappa shape index (κ3) is 2.85. The maximum Gasteiger partial charge on any atom is 0.128 e. The Bertz CT molecular complexity index is 469. The van der Waals surface area contributed by atoms with Gasteiger partial charge in [0.15, 0.2) is 0 Å². The molecule has 0 heterocycles. The minimum absolute atomic E-state index is 0.225. The molecule has 0 saturated heterocycles. The largest absolute Gasteiger partial charge is 0.376 e. The minimum atomic E-state index is -0.596. The Morgan fingerprint density at radius 3 is 2.80 bits per heavy atom. The highest BCUT2D eigenvalue weighted by Crippen LogP contribution is 2.43. The van der Waals surface area contributed by atoms with Gasteiger partial charge in [-0.15, -0.1) is 0 Å². The first-order valence-electron chi connectivity index (χ1n) is 6.98. The first-order chi connectivity index (χ1) is 9.52. The van der Waals surface area contributed by atoms with Crippen LogP contribution in [0.3, 0.4) is 0 Å². The van der Waals surface area contributed by atoms with Gasteiger partial charge in [-0.3, -0.25) is 5.84 Å². The number of hydrogen-bond donors (Lipinski definition) is 2. The number of methoxy groups -OCH3 is 1. The lowest BCUT2D eigenvalue weighted by molar-refractivity contribution is -0.0813. The van der Waals surface area contributed by atoms with Crippen LogP contribution in [0.4, 0.5) is 8.78 Å². The van der Waals surface area contributed by atoms with Crippen LogP contribution in [-0.2, 0) is 4.74 Å². The van der Waals surface area contributed by atoms with Gasteiger partial charge in [-0.2, -0.15) is 0 Å². The van der Waals surface area contributed by atoms with E-state index in [9.17, 15) is 8.78 Å². The maximum atomic E-state index is 14.0. The summed E-state index contributed by atoms with van der Waals surface area (Å²) in [5.41, 5.74) is 2.27. The van der Waals surface area contributed by atoms with Crippen LogP contribution in [0, 0.1) is 17.6 Å². The summed E-state index contributed by atoms with van der Waals surface area (Å²) in [5.74, 6) is 5.17. The fourth-order valence-electron chi connectivity index (χ4n) is 3.37. The quantitative estimate of drug-likeness (QED) is 0.660. The third-order valence-corrected chi connectivity index (χ3v) is 4.36. The van der Waals surface area contributed by atoms with Crippen molar-refractivity contribution in [3.8, 4) is 0 Å². The topological polar surface area (TPSA) is 47.3 Å². The van der Waals surface area contributed by atoms with E-state index in [4.69, 9.17) is 10.6 Å². The number of rotatable bonds is 4. The van der Waals surface area contributed by atoms with Crippen molar-refractivity contribution in [2.24, 2.45) is 11.8 Å². The van der Waals surface area contributed by atoms with Gasteiger partial charge in [-0.1, -0.05) is 19.8 Å². The van der Waals surface area contributed by atoms with E-state index in [0.717, 1.165) is 37.8 Å². The fraction of sp³-hybridized carbons (Fsp3) is 0.600. The minimum Gasteiger partial charge on any atom is -0.376 e. The molecule has 0 aliphatic heterocycles. The van der Waals surface area contributed by atoms with E-state index >= 15 is 0 Å². The van der Waals surface area contributed by atoms with Crippen molar-refractivity contribution in [1.29, 1.82) is 0 Å². The van der Waals surface area contributed by atoms with Crippen LogP contribution in [0.15, 0.2) is 18.2 Å². The predicted octanol–water partition coefficient (Wildman–Crippen LogP) is 3.06. The summed E-state index contributed by atoms with van der Waals surface area (Å²) >= 11 is 0. The zero-order valence-electron chi connectivity index (χ0n) is 12.0. The standard InChI is InChI=1S/C15H22F2N2O/c1-10-4-3-7-15(9-10,20-2)14(19-18)12-8-11(16)5-6-13(12)17/h5-6,8,10,14,19H,3-4,7,9,18H2,1-2H3. The van der Waals surface area contributed by atoms with Gasteiger partial charge in [-0.25, -0.2) is 14.2 Å². The first-order valence-corrected chi connectivity index (χ1v) is 6.98. The molecule has 0 bridgehead atoms. The summed E-state index contributed by atoms with van der Waals surface area (Å²) in [6.45, 7) is 2.14. The molecule has 0 aromatic heterocycles. The Kier molecular flexibility index (Phi) is 4.73. The molecule has 1 aliphatic rings. The molecular formula is C15H22F2N2O. The van der Waals surface area contributed by atoms with E-state index in [-0.39, 0.29) is 5.56 Å². The molecule has 20 heavy (non-hydrogen) atoms. The van der Waals surface area contributed by atoms with Gasteiger partial charge in [0.2, 0.25) is 0 Å². The van der Waals surface area contributed by atoms with Crippen molar-refractivity contribution in [3.63, 3.8) is 0 Å². The van der Waals surface area contributed by atoms with Crippen LogP contribution in [0.1, 0.15) is 44.2 Å². The summed E-state index contributed by atoms with van der Waals surface area (Å²) in [6, 6.07) is 2.87. The molecule has 1 aromatic rings. The van der Waals surface area contributed by atoms with E-state index in [1.54, 1.807) is 7.11 Å². The fourth-order valence-corrected chi connectivity index (χ4v) is 3.37. The maximum absolute atomic E-state index is 14.0. The Morgan fingerprint density at radius 1 is 1.45 bits per heavy atom. The molecule has 2 rings (SSSR count). The predicted molar refractivity (Wildman–Crippen MR) is 73.8 cm³/mol. The molecule has 0 amide bonds. The van der Waals surface area contributed by atoms with E-state index in [1.165, 1.54) is 6.07 Å². The van der Waals surface area contributed by atoms with Crippen LogP contribution in [0.5, 0.6) is 0 Å². The normalized spacial score (nSPS) is 28.4. The van der Waals surface area contributed by atoms with Gasteiger partial charge in [0.1, 0.15) is 11.6 Å². The lowest BCUT2D eigenvalue weighted by Gasteiger charge is -2.44. The molecule has 1 saturated carbocycles. The second-order valence-electron chi connectivity index (χ2n) is 5.74. The van der Waals surface area contributed by atoms with Gasteiger partial charge in [0, 0.05) is 12.7 Å². The van der Waals surface area contributed by atoms with Crippen LogP contribution < -0.4 is 11.3 Å². The highest BCUT2D eigenvalue weighted by atomic mass is 19.1. The van der Waals surface area contributed by atoms with E-state index in [2.05, 4.69) is 12.3 Å². The molecule has 3 nitrogen and oxygen atoms in total. The summed E-state index contributed by atoms with van der Waals surface area (Å²) in [5, 5.41) is 0. The average molecular weight is 284 g/mol. The van der Waals surface area contributed by atoms with Gasteiger partial charge in [-0.05, 0) is 37.0 Å². The molecule has 1 fully saturated rings. The second kappa shape index (κ2) is 6.16. The van der Waals surface area contributed by atoms with Gasteiger partial charge >= 0.3 is 0 Å². The number of nitrogens with two attached hydrogens (primary N) is 1. The Hall–Kier alpha value is -1.04.